The maximum Gasteiger partial charge on any atom is 0.374 e. The number of rotatable bonds is 6. The van der Waals surface area contributed by atoms with Crippen LogP contribution >= 0.6 is 11.8 Å². The van der Waals surface area contributed by atoms with Crippen molar-refractivity contribution < 1.29 is 18.7 Å². The first-order chi connectivity index (χ1) is 7.69. The van der Waals surface area contributed by atoms with Gasteiger partial charge in [-0.05, 0) is 25.3 Å². The highest BCUT2D eigenvalue weighted by Gasteiger charge is 2.15. The van der Waals surface area contributed by atoms with Crippen LogP contribution in [0.1, 0.15) is 34.5 Å². The zero-order valence-electron chi connectivity index (χ0n) is 9.32. The quantitative estimate of drug-likeness (QED) is 0.566. The van der Waals surface area contributed by atoms with Gasteiger partial charge in [0.15, 0.2) is 11.5 Å². The van der Waals surface area contributed by atoms with Crippen molar-refractivity contribution in [2.45, 2.75) is 13.3 Å². The van der Waals surface area contributed by atoms with E-state index in [2.05, 4.69) is 0 Å². The minimum absolute atomic E-state index is 0.0781. The van der Waals surface area contributed by atoms with Crippen LogP contribution in [0.4, 0.5) is 0 Å². The number of hydrogen-bond acceptors (Lipinski definition) is 5. The zero-order chi connectivity index (χ0) is 12.0. The number of esters is 1. The Morgan fingerprint density at radius 3 is 2.69 bits per heavy atom. The van der Waals surface area contributed by atoms with Crippen LogP contribution in [-0.4, -0.2) is 30.4 Å². The van der Waals surface area contributed by atoms with E-state index < -0.39 is 5.97 Å². The maximum absolute atomic E-state index is 11.5. The lowest BCUT2D eigenvalue weighted by Crippen LogP contribution is -2.03. The van der Waals surface area contributed by atoms with Crippen molar-refractivity contribution in [3.63, 3.8) is 0 Å². The minimum Gasteiger partial charge on any atom is -0.460 e. The van der Waals surface area contributed by atoms with Gasteiger partial charge in [-0.15, -0.1) is 0 Å². The second kappa shape index (κ2) is 6.37. The number of thioether (sulfide) groups is 1. The summed E-state index contributed by atoms with van der Waals surface area (Å²) in [6.07, 6.45) is 2.34. The third-order valence-corrected chi connectivity index (χ3v) is 2.50. The summed E-state index contributed by atoms with van der Waals surface area (Å²) in [6, 6.07) is 2.97. The van der Waals surface area contributed by atoms with Crippen molar-refractivity contribution in [2.75, 3.05) is 18.6 Å². The monoisotopic (exact) mass is 242 g/mol. The molecule has 0 fully saturated rings. The van der Waals surface area contributed by atoms with Gasteiger partial charge in [-0.3, -0.25) is 4.79 Å². The molecule has 0 aromatic carbocycles. The number of Topliss-reactive ketones (excluding diaryl/α,β-unsaturated/α-hetero) is 1. The molecule has 0 saturated carbocycles. The predicted molar refractivity (Wildman–Crippen MR) is 62.0 cm³/mol. The van der Waals surface area contributed by atoms with Crippen molar-refractivity contribution in [3.8, 4) is 0 Å². The van der Waals surface area contributed by atoms with Gasteiger partial charge in [-0.2, -0.15) is 11.8 Å². The second-order valence-corrected chi connectivity index (χ2v) is 4.04. The first-order valence-corrected chi connectivity index (χ1v) is 6.37. The third kappa shape index (κ3) is 3.41. The zero-order valence-corrected chi connectivity index (χ0v) is 10.1. The molecule has 0 atom stereocenters. The van der Waals surface area contributed by atoms with E-state index in [0.717, 1.165) is 5.75 Å². The van der Waals surface area contributed by atoms with Gasteiger partial charge in [-0.25, -0.2) is 4.79 Å². The Bertz CT molecular complexity index is 370. The van der Waals surface area contributed by atoms with Gasteiger partial charge in [0.05, 0.1) is 6.61 Å². The molecule has 0 N–H and O–H groups in total. The molecule has 1 aromatic heterocycles. The Morgan fingerprint density at radius 2 is 2.06 bits per heavy atom. The van der Waals surface area contributed by atoms with Gasteiger partial charge < -0.3 is 9.15 Å². The van der Waals surface area contributed by atoms with E-state index in [1.807, 2.05) is 6.26 Å². The van der Waals surface area contributed by atoms with Gasteiger partial charge in [-0.1, -0.05) is 0 Å². The number of carbonyl (C=O) groups is 2. The highest BCUT2D eigenvalue weighted by atomic mass is 32.2. The molecule has 1 heterocycles. The second-order valence-electron chi connectivity index (χ2n) is 3.05. The molecule has 0 unspecified atom stereocenters. The Kier molecular flexibility index (Phi) is 5.11. The highest BCUT2D eigenvalue weighted by Crippen LogP contribution is 2.12. The lowest BCUT2D eigenvalue weighted by Gasteiger charge is -1.97. The molecule has 0 amide bonds. The first-order valence-electron chi connectivity index (χ1n) is 4.98. The molecule has 4 nitrogen and oxygen atoms in total. The fraction of sp³-hybridized carbons (Fsp3) is 0.455. The summed E-state index contributed by atoms with van der Waals surface area (Å²) in [4.78, 5) is 22.8. The number of carbonyl (C=O) groups excluding carboxylic acids is 2. The molecule has 1 aromatic rings. The summed E-state index contributed by atoms with van der Waals surface area (Å²) in [7, 11) is 0. The molecular formula is C11H14O4S. The van der Waals surface area contributed by atoms with Gasteiger partial charge in [0.1, 0.15) is 0 Å². The van der Waals surface area contributed by atoms with E-state index in [-0.39, 0.29) is 23.9 Å². The molecule has 0 radical (unpaired) electrons. The first kappa shape index (κ1) is 12.8. The van der Waals surface area contributed by atoms with Crippen LogP contribution in [-0.2, 0) is 4.74 Å². The van der Waals surface area contributed by atoms with Crippen LogP contribution in [0.2, 0.25) is 0 Å². The average Bonchev–Trinajstić information content (AvgIpc) is 2.75. The summed E-state index contributed by atoms with van der Waals surface area (Å²) in [6.45, 7) is 2.00. The Morgan fingerprint density at radius 1 is 1.38 bits per heavy atom. The van der Waals surface area contributed by atoms with Crippen LogP contribution < -0.4 is 0 Å². The van der Waals surface area contributed by atoms with Crippen molar-refractivity contribution >= 4 is 23.5 Å². The molecule has 0 aliphatic heterocycles. The largest absolute Gasteiger partial charge is 0.460 e. The third-order valence-electron chi connectivity index (χ3n) is 1.89. The van der Waals surface area contributed by atoms with Gasteiger partial charge in [0.25, 0.3) is 0 Å². The summed E-state index contributed by atoms with van der Waals surface area (Å²) in [5.74, 6) is 0.414. The smallest absolute Gasteiger partial charge is 0.374 e. The topological polar surface area (TPSA) is 56.5 Å². The van der Waals surface area contributed by atoms with E-state index >= 15 is 0 Å². The predicted octanol–water partition coefficient (Wildman–Crippen LogP) is 2.39. The molecule has 16 heavy (non-hydrogen) atoms. The van der Waals surface area contributed by atoms with Crippen LogP contribution in [0.15, 0.2) is 16.5 Å². The molecule has 88 valence electrons. The summed E-state index contributed by atoms with van der Waals surface area (Å²) >= 11 is 1.59. The number of hydrogen-bond donors (Lipinski definition) is 0. The van der Waals surface area contributed by atoms with E-state index in [1.54, 1.807) is 18.7 Å². The van der Waals surface area contributed by atoms with E-state index in [4.69, 9.17) is 9.15 Å². The summed E-state index contributed by atoms with van der Waals surface area (Å²) in [5.41, 5.74) is 0. The molecule has 0 spiro atoms. The van der Waals surface area contributed by atoms with Crippen molar-refractivity contribution in [2.24, 2.45) is 0 Å². The Labute approximate surface area is 98.3 Å². The molecular weight excluding hydrogens is 228 g/mol. The van der Waals surface area contributed by atoms with Crippen molar-refractivity contribution in [3.05, 3.63) is 23.7 Å². The standard InChI is InChI=1S/C11H14O4S/c1-3-14-11(13)10-5-4-9(15-10)8(12)6-7-16-2/h4-5H,3,6-7H2,1-2H3. The van der Waals surface area contributed by atoms with Crippen molar-refractivity contribution in [1.82, 2.24) is 0 Å². The number of ketones is 1. The number of ether oxygens (including phenoxy) is 1. The Balaban J connectivity index is 2.63. The average molecular weight is 242 g/mol. The SMILES string of the molecule is CCOC(=O)c1ccc(C(=O)CCSC)o1. The van der Waals surface area contributed by atoms with Crippen LogP contribution in [0.25, 0.3) is 0 Å². The lowest BCUT2D eigenvalue weighted by molar-refractivity contribution is 0.0488. The van der Waals surface area contributed by atoms with Gasteiger partial charge in [0, 0.05) is 12.2 Å². The van der Waals surface area contributed by atoms with Crippen LogP contribution in [0.3, 0.4) is 0 Å². The molecule has 0 aliphatic carbocycles. The molecule has 1 rings (SSSR count). The summed E-state index contributed by atoms with van der Waals surface area (Å²) in [5, 5.41) is 0. The van der Waals surface area contributed by atoms with E-state index in [1.165, 1.54) is 12.1 Å². The molecule has 0 saturated heterocycles. The van der Waals surface area contributed by atoms with Crippen molar-refractivity contribution in [1.29, 1.82) is 0 Å². The Hall–Kier alpha value is -1.23. The van der Waals surface area contributed by atoms with E-state index in [0.29, 0.717) is 6.42 Å². The summed E-state index contributed by atoms with van der Waals surface area (Å²) < 4.78 is 9.88. The van der Waals surface area contributed by atoms with Crippen LogP contribution in [0, 0.1) is 0 Å². The van der Waals surface area contributed by atoms with Gasteiger partial charge in [0.2, 0.25) is 5.76 Å². The normalized spacial score (nSPS) is 10.1. The highest BCUT2D eigenvalue weighted by molar-refractivity contribution is 7.98. The fourth-order valence-electron chi connectivity index (χ4n) is 1.12. The fourth-order valence-corrected chi connectivity index (χ4v) is 1.51. The molecule has 0 bridgehead atoms. The minimum atomic E-state index is -0.536. The van der Waals surface area contributed by atoms with Gasteiger partial charge >= 0.3 is 5.97 Å². The molecule has 0 aliphatic rings. The van der Waals surface area contributed by atoms with Crippen LogP contribution in [0.5, 0.6) is 0 Å². The molecule has 5 heteroatoms. The lowest BCUT2D eigenvalue weighted by atomic mass is 10.2. The number of furan rings is 1. The maximum atomic E-state index is 11.5. The van der Waals surface area contributed by atoms with E-state index in [9.17, 15) is 9.59 Å².